The molecule has 0 saturated heterocycles. The largest absolute Gasteiger partial charge is 0.491 e. The van der Waals surface area contributed by atoms with Crippen LogP contribution in [0, 0.1) is 0 Å². The van der Waals surface area contributed by atoms with Gasteiger partial charge in [-0.15, -0.1) is 0 Å². The molecule has 4 N–H and O–H groups in total. The highest BCUT2D eigenvalue weighted by molar-refractivity contribution is 5.95. The van der Waals surface area contributed by atoms with Gasteiger partial charge in [0, 0.05) is 7.05 Å². The third-order valence-electron chi connectivity index (χ3n) is 4.93. The van der Waals surface area contributed by atoms with Gasteiger partial charge in [0.15, 0.2) is 0 Å². The van der Waals surface area contributed by atoms with E-state index in [1.807, 2.05) is 24.3 Å². The summed E-state index contributed by atoms with van der Waals surface area (Å²) in [4.78, 5) is 24.2. The van der Waals surface area contributed by atoms with Gasteiger partial charge in [0.05, 0.1) is 37.1 Å². The molecule has 3 aliphatic rings. The molecule has 3 heterocycles. The first-order valence-corrected chi connectivity index (χ1v) is 9.14. The lowest BCUT2D eigenvalue weighted by Gasteiger charge is -2.23. The van der Waals surface area contributed by atoms with Crippen LogP contribution in [-0.4, -0.2) is 44.2 Å². The van der Waals surface area contributed by atoms with Crippen LogP contribution in [0.25, 0.3) is 0 Å². The fraction of sp³-hybridized carbons (Fsp3) is 0.474. The van der Waals surface area contributed by atoms with Gasteiger partial charge in [0.1, 0.15) is 11.8 Å². The molecule has 2 atom stereocenters. The number of fused-ring (bicyclic) bond motifs is 1. The Labute approximate surface area is 158 Å². The molecule has 0 bridgehead atoms. The lowest BCUT2D eigenvalue weighted by Crippen LogP contribution is -2.42. The van der Waals surface area contributed by atoms with Crippen LogP contribution < -0.4 is 26.2 Å². The molecule has 8 nitrogen and oxygen atoms in total. The number of ether oxygens (including phenoxy) is 2. The van der Waals surface area contributed by atoms with E-state index in [-0.39, 0.29) is 24.0 Å². The van der Waals surface area contributed by atoms with Crippen LogP contribution in [0.5, 0.6) is 5.75 Å². The van der Waals surface area contributed by atoms with Crippen molar-refractivity contribution >= 4 is 17.5 Å². The van der Waals surface area contributed by atoms with E-state index >= 15 is 0 Å². The van der Waals surface area contributed by atoms with Gasteiger partial charge in [-0.1, -0.05) is 19.1 Å². The Balaban J connectivity index is 0.000000156. The summed E-state index contributed by atoms with van der Waals surface area (Å²) in [6.07, 6.45) is 2.42. The van der Waals surface area contributed by atoms with Crippen LogP contribution in [0.15, 0.2) is 35.5 Å². The summed E-state index contributed by atoms with van der Waals surface area (Å²) >= 11 is 0. The Morgan fingerprint density at radius 2 is 2.15 bits per heavy atom. The maximum atomic E-state index is 11.4. The van der Waals surface area contributed by atoms with Crippen molar-refractivity contribution in [1.29, 1.82) is 0 Å². The number of nitrogens with zero attached hydrogens (tertiary/aromatic N) is 1. The first kappa shape index (κ1) is 19.2. The van der Waals surface area contributed by atoms with Gasteiger partial charge < -0.3 is 25.5 Å². The number of carbonyl (C=O) groups is 2. The second kappa shape index (κ2) is 8.41. The minimum absolute atomic E-state index is 0.102. The summed E-state index contributed by atoms with van der Waals surface area (Å²) in [7, 11) is 1.77. The highest BCUT2D eigenvalue weighted by atomic mass is 16.5. The molecule has 27 heavy (non-hydrogen) atoms. The van der Waals surface area contributed by atoms with Gasteiger partial charge in [0.25, 0.3) is 0 Å². The van der Waals surface area contributed by atoms with Gasteiger partial charge in [-0.2, -0.15) is 0 Å². The van der Waals surface area contributed by atoms with Crippen molar-refractivity contribution in [3.63, 3.8) is 0 Å². The van der Waals surface area contributed by atoms with Crippen molar-refractivity contribution in [1.82, 2.24) is 10.9 Å². The number of anilines is 1. The number of primary amides is 1. The maximum absolute atomic E-state index is 11.4. The van der Waals surface area contributed by atoms with E-state index in [0.717, 1.165) is 35.5 Å². The summed E-state index contributed by atoms with van der Waals surface area (Å²) in [5.41, 5.74) is 14.0. The first-order chi connectivity index (χ1) is 13.0. The number of amides is 2. The summed E-state index contributed by atoms with van der Waals surface area (Å²) in [5, 5.41) is 0. The van der Waals surface area contributed by atoms with Crippen molar-refractivity contribution in [3.8, 4) is 5.75 Å². The van der Waals surface area contributed by atoms with Crippen LogP contribution in [0.1, 0.15) is 26.2 Å². The van der Waals surface area contributed by atoms with E-state index in [0.29, 0.717) is 19.6 Å². The number of benzene rings is 1. The third-order valence-corrected chi connectivity index (χ3v) is 4.93. The number of carbonyl (C=O) groups excluding carboxylic acids is 2. The predicted molar refractivity (Wildman–Crippen MR) is 101 cm³/mol. The van der Waals surface area contributed by atoms with Gasteiger partial charge in [-0.05, 0) is 30.5 Å². The summed E-state index contributed by atoms with van der Waals surface area (Å²) in [6, 6.07) is 7.21. The predicted octanol–water partition coefficient (Wildman–Crippen LogP) is 0.833. The molecule has 8 heteroatoms. The zero-order valence-corrected chi connectivity index (χ0v) is 15.7. The number of hydrazine groups is 1. The average Bonchev–Trinajstić information content (AvgIpc) is 3.05. The Morgan fingerprint density at radius 3 is 2.89 bits per heavy atom. The lowest BCUT2D eigenvalue weighted by atomic mass is 9.96. The number of hydrogen-bond donors (Lipinski definition) is 3. The van der Waals surface area contributed by atoms with Crippen LogP contribution >= 0.6 is 0 Å². The van der Waals surface area contributed by atoms with Crippen LogP contribution in [0.3, 0.4) is 0 Å². The third kappa shape index (κ3) is 4.23. The van der Waals surface area contributed by atoms with Crippen LogP contribution in [-0.2, 0) is 14.3 Å². The molecule has 1 aromatic carbocycles. The summed E-state index contributed by atoms with van der Waals surface area (Å²) in [6.45, 7) is 3.09. The topological polar surface area (TPSA) is 106 Å². The maximum Gasteiger partial charge on any atom is 0.240 e. The second-order valence-electron chi connectivity index (χ2n) is 6.67. The minimum Gasteiger partial charge on any atom is -0.491 e. The Hall–Kier alpha value is -2.58. The molecule has 146 valence electrons. The molecule has 0 spiro atoms. The molecular formula is C19H26N4O4. The van der Waals surface area contributed by atoms with E-state index in [4.69, 9.17) is 15.2 Å². The Morgan fingerprint density at radius 1 is 1.37 bits per heavy atom. The Kier molecular flexibility index (Phi) is 5.98. The van der Waals surface area contributed by atoms with Gasteiger partial charge in [-0.3, -0.25) is 9.59 Å². The van der Waals surface area contributed by atoms with E-state index < -0.39 is 0 Å². The van der Waals surface area contributed by atoms with E-state index in [1.165, 1.54) is 0 Å². The number of para-hydroxylation sites is 2. The average molecular weight is 374 g/mol. The smallest absolute Gasteiger partial charge is 0.240 e. The molecule has 0 saturated carbocycles. The zero-order valence-electron chi connectivity index (χ0n) is 15.7. The number of rotatable bonds is 2. The lowest BCUT2D eigenvalue weighted by molar-refractivity contribution is -0.119. The minimum atomic E-state index is -0.358. The fourth-order valence-electron chi connectivity index (χ4n) is 3.29. The second-order valence-corrected chi connectivity index (χ2v) is 6.67. The zero-order chi connectivity index (χ0) is 19.4. The van der Waals surface area contributed by atoms with Crippen LogP contribution in [0.4, 0.5) is 5.69 Å². The monoisotopic (exact) mass is 374 g/mol. The van der Waals surface area contributed by atoms with Gasteiger partial charge in [-0.25, -0.2) is 5.43 Å². The van der Waals surface area contributed by atoms with Crippen molar-refractivity contribution in [3.05, 3.63) is 35.5 Å². The number of hydrogen-bond acceptors (Lipinski definition) is 6. The standard InChI is InChI=1S/C10H11NO2.C9H15N3O2/c1-11-8-4-2-3-5-9(8)13-7-6-10(11)12;1-2-5-3-6-7(4-14-5)11-12-8(6)9(10)13/h2-5H,6-7H2,1H3;5,8,11-12H,2-4H2,1H3,(H2,10,13). The van der Waals surface area contributed by atoms with Gasteiger partial charge >= 0.3 is 0 Å². The molecule has 2 amide bonds. The molecule has 0 fully saturated rings. The molecule has 0 aliphatic carbocycles. The molecule has 1 aromatic rings. The quantitative estimate of drug-likeness (QED) is 0.708. The molecule has 0 aromatic heterocycles. The number of nitrogens with one attached hydrogen (secondary N) is 2. The molecule has 3 aliphatic heterocycles. The fourth-order valence-corrected chi connectivity index (χ4v) is 3.29. The highest BCUT2D eigenvalue weighted by Crippen LogP contribution is 2.29. The molecule has 2 unspecified atom stereocenters. The first-order valence-electron chi connectivity index (χ1n) is 9.14. The Bertz CT molecular complexity index is 749. The molecular weight excluding hydrogens is 348 g/mol. The van der Waals surface area contributed by atoms with Gasteiger partial charge in [0.2, 0.25) is 11.8 Å². The summed E-state index contributed by atoms with van der Waals surface area (Å²) in [5.74, 6) is 0.556. The molecule has 4 rings (SSSR count). The van der Waals surface area contributed by atoms with Crippen molar-refractivity contribution in [2.24, 2.45) is 5.73 Å². The highest BCUT2D eigenvalue weighted by Gasteiger charge is 2.33. The van der Waals surface area contributed by atoms with Crippen molar-refractivity contribution in [2.75, 3.05) is 25.2 Å². The molecule has 0 radical (unpaired) electrons. The van der Waals surface area contributed by atoms with E-state index in [9.17, 15) is 9.59 Å². The van der Waals surface area contributed by atoms with E-state index in [1.54, 1.807) is 11.9 Å². The van der Waals surface area contributed by atoms with E-state index in [2.05, 4.69) is 17.8 Å². The normalized spacial score (nSPS) is 23.9. The number of nitrogens with two attached hydrogens (primary N) is 1. The van der Waals surface area contributed by atoms with Crippen LogP contribution in [0.2, 0.25) is 0 Å². The van der Waals surface area contributed by atoms with Crippen molar-refractivity contribution in [2.45, 2.75) is 38.3 Å². The summed E-state index contributed by atoms with van der Waals surface area (Å²) < 4.78 is 11.0. The van der Waals surface area contributed by atoms with Crippen molar-refractivity contribution < 1.29 is 19.1 Å². The SMILES string of the molecule is CCC1CC2=C(CO1)NNC2C(N)=O.CN1C(=O)CCOc2ccccc21.